The van der Waals surface area contributed by atoms with E-state index in [4.69, 9.17) is 4.74 Å². The van der Waals surface area contributed by atoms with Gasteiger partial charge in [0.1, 0.15) is 0 Å². The van der Waals surface area contributed by atoms with Crippen LogP contribution in [0.3, 0.4) is 0 Å². The Morgan fingerprint density at radius 1 is 1.08 bits per heavy atom. The first kappa shape index (κ1) is 17.5. The van der Waals surface area contributed by atoms with E-state index < -0.39 is 0 Å². The lowest BCUT2D eigenvalue weighted by molar-refractivity contribution is 0.133. The average molecular weight is 338 g/mol. The van der Waals surface area contributed by atoms with Gasteiger partial charge in [0.25, 0.3) is 0 Å². The second-order valence-corrected chi connectivity index (χ2v) is 6.41. The molecule has 4 nitrogen and oxygen atoms in total. The second kappa shape index (κ2) is 8.67. The van der Waals surface area contributed by atoms with E-state index in [2.05, 4.69) is 23.5 Å². The van der Waals surface area contributed by atoms with E-state index in [-0.39, 0.29) is 6.03 Å². The van der Waals surface area contributed by atoms with Crippen LogP contribution in [0.4, 0.5) is 4.79 Å². The molecule has 3 rings (SSSR count). The predicted octanol–water partition coefficient (Wildman–Crippen LogP) is 4.10. The van der Waals surface area contributed by atoms with Crippen molar-refractivity contribution in [2.24, 2.45) is 0 Å². The molecule has 0 spiro atoms. The van der Waals surface area contributed by atoms with E-state index in [1.807, 2.05) is 48.2 Å². The summed E-state index contributed by atoms with van der Waals surface area (Å²) in [6, 6.07) is 18.7. The highest BCUT2D eigenvalue weighted by molar-refractivity contribution is 5.75. The molecule has 2 aromatic rings. The van der Waals surface area contributed by atoms with Crippen LogP contribution in [0.25, 0.3) is 0 Å². The van der Waals surface area contributed by atoms with Crippen LogP contribution >= 0.6 is 0 Å². The predicted molar refractivity (Wildman–Crippen MR) is 99.0 cm³/mol. The van der Waals surface area contributed by atoms with Crippen LogP contribution in [0.5, 0.6) is 0 Å². The molecule has 1 fully saturated rings. The van der Waals surface area contributed by atoms with E-state index in [0.29, 0.717) is 32.3 Å². The van der Waals surface area contributed by atoms with Crippen LogP contribution < -0.4 is 5.32 Å². The Labute approximate surface area is 149 Å². The smallest absolute Gasteiger partial charge is 0.318 e. The zero-order valence-electron chi connectivity index (χ0n) is 14.8. The van der Waals surface area contributed by atoms with Crippen molar-refractivity contribution in [2.45, 2.75) is 45.5 Å². The Hall–Kier alpha value is -2.33. The third kappa shape index (κ3) is 5.07. The summed E-state index contributed by atoms with van der Waals surface area (Å²) in [5, 5.41) is 3.09. The zero-order valence-corrected chi connectivity index (χ0v) is 14.8. The number of ether oxygens (including phenoxy) is 1. The number of carbonyl (C=O) groups excluding carboxylic acids is 1. The van der Waals surface area contributed by atoms with Crippen molar-refractivity contribution in [3.05, 3.63) is 71.3 Å². The van der Waals surface area contributed by atoms with Crippen LogP contribution in [0.1, 0.15) is 36.5 Å². The Morgan fingerprint density at radius 3 is 2.44 bits per heavy atom. The summed E-state index contributed by atoms with van der Waals surface area (Å²) >= 11 is 0. The molecule has 0 bridgehead atoms. The van der Waals surface area contributed by atoms with Crippen molar-refractivity contribution in [3.8, 4) is 0 Å². The number of nitrogens with zero attached hydrogens (tertiary/aromatic N) is 1. The maximum absolute atomic E-state index is 12.7. The van der Waals surface area contributed by atoms with Gasteiger partial charge in [-0.15, -0.1) is 0 Å². The minimum Gasteiger partial charge on any atom is -0.377 e. The summed E-state index contributed by atoms with van der Waals surface area (Å²) in [6.07, 6.45) is 2.20. The number of rotatable bonds is 8. The van der Waals surface area contributed by atoms with Crippen molar-refractivity contribution >= 4 is 6.03 Å². The third-order valence-electron chi connectivity index (χ3n) is 4.45. The van der Waals surface area contributed by atoms with Gasteiger partial charge in [-0.2, -0.15) is 0 Å². The Bertz CT molecular complexity index is 683. The van der Waals surface area contributed by atoms with Gasteiger partial charge in [-0.05, 0) is 36.5 Å². The molecular formula is C21H26N2O2. The molecule has 132 valence electrons. The van der Waals surface area contributed by atoms with E-state index in [0.717, 1.165) is 24.0 Å². The molecule has 2 amide bonds. The van der Waals surface area contributed by atoms with E-state index in [1.165, 1.54) is 5.56 Å². The van der Waals surface area contributed by atoms with Crippen molar-refractivity contribution in [1.29, 1.82) is 0 Å². The molecule has 0 saturated heterocycles. The normalized spacial score (nSPS) is 13.5. The molecule has 0 heterocycles. The second-order valence-electron chi connectivity index (χ2n) is 6.41. The number of nitrogens with one attached hydrogen (secondary N) is 1. The van der Waals surface area contributed by atoms with E-state index >= 15 is 0 Å². The van der Waals surface area contributed by atoms with Crippen LogP contribution in [0, 0.1) is 0 Å². The van der Waals surface area contributed by atoms with Gasteiger partial charge in [-0.25, -0.2) is 4.79 Å². The summed E-state index contributed by atoms with van der Waals surface area (Å²) < 4.78 is 5.52. The molecule has 25 heavy (non-hydrogen) atoms. The largest absolute Gasteiger partial charge is 0.377 e. The molecule has 0 radical (unpaired) electrons. The van der Waals surface area contributed by atoms with Crippen LogP contribution in [-0.4, -0.2) is 23.6 Å². The fraction of sp³-hybridized carbons (Fsp3) is 0.381. The summed E-state index contributed by atoms with van der Waals surface area (Å²) in [6.45, 7) is 4.45. The van der Waals surface area contributed by atoms with Crippen molar-refractivity contribution in [3.63, 3.8) is 0 Å². The lowest BCUT2D eigenvalue weighted by atomic mass is 10.1. The molecule has 0 aliphatic heterocycles. The molecule has 0 aromatic heterocycles. The Balaban J connectivity index is 1.61. The fourth-order valence-electron chi connectivity index (χ4n) is 2.89. The number of benzene rings is 2. The summed E-state index contributed by atoms with van der Waals surface area (Å²) in [5.74, 6) is 0. The number of urea groups is 1. The first-order valence-electron chi connectivity index (χ1n) is 9.01. The highest BCUT2D eigenvalue weighted by Crippen LogP contribution is 2.28. The van der Waals surface area contributed by atoms with Crippen LogP contribution in [-0.2, 0) is 24.4 Å². The first-order chi connectivity index (χ1) is 12.3. The van der Waals surface area contributed by atoms with Gasteiger partial charge in [0.05, 0.1) is 6.61 Å². The average Bonchev–Trinajstić information content (AvgIpc) is 3.49. The van der Waals surface area contributed by atoms with Crippen molar-refractivity contribution in [1.82, 2.24) is 10.2 Å². The fourth-order valence-corrected chi connectivity index (χ4v) is 2.89. The summed E-state index contributed by atoms with van der Waals surface area (Å²) in [4.78, 5) is 14.7. The monoisotopic (exact) mass is 338 g/mol. The molecule has 1 N–H and O–H groups in total. The minimum absolute atomic E-state index is 0.0116. The first-order valence-corrected chi connectivity index (χ1v) is 9.01. The van der Waals surface area contributed by atoms with Gasteiger partial charge in [0.2, 0.25) is 0 Å². The third-order valence-corrected chi connectivity index (χ3v) is 4.45. The standard InChI is InChI=1S/C21H26N2O2/c1-2-25-16-19-11-7-6-10-18(19)14-22-21(24)23(20-12-13-20)15-17-8-4-3-5-9-17/h3-11,20H,2,12-16H2,1H3,(H,22,24). The maximum atomic E-state index is 12.7. The molecule has 2 aromatic carbocycles. The number of carbonyl (C=O) groups is 1. The molecule has 1 saturated carbocycles. The molecular weight excluding hydrogens is 312 g/mol. The van der Waals surface area contributed by atoms with Crippen LogP contribution in [0.15, 0.2) is 54.6 Å². The highest BCUT2D eigenvalue weighted by atomic mass is 16.5. The number of hydrogen-bond donors (Lipinski definition) is 1. The topological polar surface area (TPSA) is 41.6 Å². The Morgan fingerprint density at radius 2 is 1.76 bits per heavy atom. The van der Waals surface area contributed by atoms with Gasteiger partial charge in [-0.1, -0.05) is 54.6 Å². The van der Waals surface area contributed by atoms with Crippen LogP contribution in [0.2, 0.25) is 0 Å². The number of hydrogen-bond acceptors (Lipinski definition) is 2. The Kier molecular flexibility index (Phi) is 6.07. The van der Waals surface area contributed by atoms with Crippen molar-refractivity contribution < 1.29 is 9.53 Å². The lowest BCUT2D eigenvalue weighted by Crippen LogP contribution is -2.40. The van der Waals surface area contributed by atoms with E-state index in [1.54, 1.807) is 0 Å². The van der Waals surface area contributed by atoms with Gasteiger partial charge >= 0.3 is 6.03 Å². The van der Waals surface area contributed by atoms with Gasteiger partial charge in [0.15, 0.2) is 0 Å². The molecule has 1 aliphatic rings. The SMILES string of the molecule is CCOCc1ccccc1CNC(=O)N(Cc1ccccc1)C1CC1. The van der Waals surface area contributed by atoms with Gasteiger partial charge in [-0.3, -0.25) is 0 Å². The summed E-state index contributed by atoms with van der Waals surface area (Å²) in [7, 11) is 0. The molecule has 4 heteroatoms. The highest BCUT2D eigenvalue weighted by Gasteiger charge is 2.32. The summed E-state index contributed by atoms with van der Waals surface area (Å²) in [5.41, 5.74) is 3.41. The minimum atomic E-state index is 0.0116. The van der Waals surface area contributed by atoms with E-state index in [9.17, 15) is 4.79 Å². The molecule has 0 unspecified atom stereocenters. The van der Waals surface area contributed by atoms with Gasteiger partial charge in [0, 0.05) is 25.7 Å². The van der Waals surface area contributed by atoms with Crippen molar-refractivity contribution in [2.75, 3.05) is 6.61 Å². The quantitative estimate of drug-likeness (QED) is 0.787. The molecule has 0 atom stereocenters. The molecule has 1 aliphatic carbocycles. The van der Waals surface area contributed by atoms with Gasteiger partial charge < -0.3 is 15.0 Å². The zero-order chi connectivity index (χ0) is 17.5. The lowest BCUT2D eigenvalue weighted by Gasteiger charge is -2.23. The number of amides is 2. The maximum Gasteiger partial charge on any atom is 0.318 e.